The van der Waals surface area contributed by atoms with Gasteiger partial charge in [0.2, 0.25) is 0 Å². The molecule has 1 unspecified atom stereocenters. The van der Waals surface area contributed by atoms with E-state index >= 15 is 0 Å². The van der Waals surface area contributed by atoms with E-state index in [0.29, 0.717) is 11.7 Å². The number of benzene rings is 2. The Hall–Kier alpha value is -1.58. The Labute approximate surface area is 120 Å². The lowest BCUT2D eigenvalue weighted by Crippen LogP contribution is -2.37. The van der Waals surface area contributed by atoms with Gasteiger partial charge in [0, 0.05) is 18.7 Å². The van der Waals surface area contributed by atoms with Crippen LogP contribution in [0.15, 0.2) is 36.4 Å². The summed E-state index contributed by atoms with van der Waals surface area (Å²) in [5.74, 6) is 0.999. The molecule has 3 rings (SSSR count). The minimum absolute atomic E-state index is 0.401. The Bertz CT molecular complexity index is 597. The SMILES string of the molecule is NCC1CCCN(Cc2c(O)ccc3ccccc23)C1. The Balaban J connectivity index is 1.88. The fourth-order valence-corrected chi connectivity index (χ4v) is 3.20. The summed E-state index contributed by atoms with van der Waals surface area (Å²) in [6.07, 6.45) is 2.43. The molecule has 3 N–H and O–H groups in total. The summed E-state index contributed by atoms with van der Waals surface area (Å²) in [7, 11) is 0. The third kappa shape index (κ3) is 2.65. The van der Waals surface area contributed by atoms with Crippen molar-refractivity contribution >= 4 is 10.8 Å². The minimum Gasteiger partial charge on any atom is -0.508 e. The molecule has 1 atom stereocenters. The number of nitrogens with zero attached hydrogens (tertiary/aromatic N) is 1. The van der Waals surface area contributed by atoms with Gasteiger partial charge >= 0.3 is 0 Å². The normalized spacial score (nSPS) is 20.4. The second-order valence-corrected chi connectivity index (χ2v) is 5.76. The molecule has 1 heterocycles. The van der Waals surface area contributed by atoms with Crippen LogP contribution in [0.5, 0.6) is 5.75 Å². The van der Waals surface area contributed by atoms with Crippen LogP contribution >= 0.6 is 0 Å². The van der Waals surface area contributed by atoms with E-state index in [1.807, 2.05) is 24.3 Å². The number of phenolic OH excluding ortho intramolecular Hbond substituents is 1. The number of likely N-dealkylation sites (tertiary alicyclic amines) is 1. The van der Waals surface area contributed by atoms with Crippen molar-refractivity contribution in [3.63, 3.8) is 0 Å². The van der Waals surface area contributed by atoms with E-state index in [1.165, 1.54) is 18.2 Å². The van der Waals surface area contributed by atoms with Gasteiger partial charge in [0.05, 0.1) is 0 Å². The van der Waals surface area contributed by atoms with Crippen LogP contribution in [0.1, 0.15) is 18.4 Å². The highest BCUT2D eigenvalue weighted by molar-refractivity contribution is 5.87. The summed E-state index contributed by atoms with van der Waals surface area (Å²) in [4.78, 5) is 2.42. The van der Waals surface area contributed by atoms with Gasteiger partial charge in [0.25, 0.3) is 0 Å². The second kappa shape index (κ2) is 5.81. The van der Waals surface area contributed by atoms with Crippen molar-refractivity contribution in [3.05, 3.63) is 42.0 Å². The van der Waals surface area contributed by atoms with Crippen LogP contribution in [0.3, 0.4) is 0 Å². The van der Waals surface area contributed by atoms with Crippen LogP contribution in [-0.4, -0.2) is 29.6 Å². The van der Waals surface area contributed by atoms with Crippen molar-refractivity contribution in [1.82, 2.24) is 4.90 Å². The van der Waals surface area contributed by atoms with Crippen molar-refractivity contribution in [2.24, 2.45) is 11.7 Å². The first-order valence-corrected chi connectivity index (χ1v) is 7.40. The van der Waals surface area contributed by atoms with E-state index in [2.05, 4.69) is 17.0 Å². The van der Waals surface area contributed by atoms with E-state index in [4.69, 9.17) is 5.73 Å². The lowest BCUT2D eigenvalue weighted by atomic mass is 9.96. The molecule has 2 aromatic carbocycles. The molecule has 3 nitrogen and oxygen atoms in total. The summed E-state index contributed by atoms with van der Waals surface area (Å²) >= 11 is 0. The third-order valence-electron chi connectivity index (χ3n) is 4.33. The number of hydrogen-bond donors (Lipinski definition) is 2. The Morgan fingerprint density at radius 3 is 2.90 bits per heavy atom. The first kappa shape index (κ1) is 13.4. The zero-order valence-corrected chi connectivity index (χ0v) is 11.8. The molecule has 20 heavy (non-hydrogen) atoms. The van der Waals surface area contributed by atoms with Crippen LogP contribution in [0.25, 0.3) is 10.8 Å². The number of phenols is 1. The fourth-order valence-electron chi connectivity index (χ4n) is 3.20. The zero-order valence-electron chi connectivity index (χ0n) is 11.8. The van der Waals surface area contributed by atoms with Gasteiger partial charge in [-0.3, -0.25) is 4.90 Å². The summed E-state index contributed by atoms with van der Waals surface area (Å²) in [6, 6.07) is 12.0. The first-order chi connectivity index (χ1) is 9.78. The highest BCUT2D eigenvalue weighted by Gasteiger charge is 2.20. The molecule has 0 aliphatic carbocycles. The van der Waals surface area contributed by atoms with Crippen LogP contribution < -0.4 is 5.73 Å². The topological polar surface area (TPSA) is 49.5 Å². The maximum atomic E-state index is 10.2. The molecule has 1 aliphatic heterocycles. The van der Waals surface area contributed by atoms with E-state index in [-0.39, 0.29) is 0 Å². The largest absolute Gasteiger partial charge is 0.508 e. The van der Waals surface area contributed by atoms with Crippen molar-refractivity contribution in [2.45, 2.75) is 19.4 Å². The third-order valence-corrected chi connectivity index (χ3v) is 4.33. The monoisotopic (exact) mass is 270 g/mol. The zero-order chi connectivity index (χ0) is 13.9. The van der Waals surface area contributed by atoms with Crippen LogP contribution in [0.4, 0.5) is 0 Å². The smallest absolute Gasteiger partial charge is 0.120 e. The maximum absolute atomic E-state index is 10.2. The van der Waals surface area contributed by atoms with Crippen molar-refractivity contribution < 1.29 is 5.11 Å². The first-order valence-electron chi connectivity index (χ1n) is 7.40. The lowest BCUT2D eigenvalue weighted by Gasteiger charge is -2.32. The molecule has 1 aliphatic rings. The summed E-state index contributed by atoms with van der Waals surface area (Å²) in [5, 5.41) is 12.6. The van der Waals surface area contributed by atoms with Crippen LogP contribution in [0.2, 0.25) is 0 Å². The number of piperidine rings is 1. The molecule has 106 valence electrons. The predicted octanol–water partition coefficient (Wildman–Crippen LogP) is 2.72. The lowest BCUT2D eigenvalue weighted by molar-refractivity contribution is 0.170. The van der Waals surface area contributed by atoms with Gasteiger partial charge in [-0.1, -0.05) is 30.3 Å². The molecule has 0 saturated carbocycles. The molecule has 0 spiro atoms. The average molecular weight is 270 g/mol. The van der Waals surface area contributed by atoms with Gasteiger partial charge in [0.15, 0.2) is 0 Å². The Morgan fingerprint density at radius 1 is 1.20 bits per heavy atom. The van der Waals surface area contributed by atoms with E-state index < -0.39 is 0 Å². The summed E-state index contributed by atoms with van der Waals surface area (Å²) < 4.78 is 0. The van der Waals surface area contributed by atoms with Crippen molar-refractivity contribution in [1.29, 1.82) is 0 Å². The molecular weight excluding hydrogens is 248 g/mol. The van der Waals surface area contributed by atoms with Crippen molar-refractivity contribution in [2.75, 3.05) is 19.6 Å². The number of rotatable bonds is 3. The van der Waals surface area contributed by atoms with Crippen LogP contribution in [-0.2, 0) is 6.54 Å². The highest BCUT2D eigenvalue weighted by atomic mass is 16.3. The van der Waals surface area contributed by atoms with Gasteiger partial charge in [0.1, 0.15) is 5.75 Å². The standard InChI is InChI=1S/C17H22N2O/c18-10-13-4-3-9-19(11-13)12-16-15-6-2-1-5-14(15)7-8-17(16)20/h1-2,5-8,13,20H,3-4,9-12,18H2. The van der Waals surface area contributed by atoms with Gasteiger partial charge in [-0.15, -0.1) is 0 Å². The van der Waals surface area contributed by atoms with Gasteiger partial charge in [-0.25, -0.2) is 0 Å². The maximum Gasteiger partial charge on any atom is 0.120 e. The fraction of sp³-hybridized carbons (Fsp3) is 0.412. The Morgan fingerprint density at radius 2 is 2.05 bits per heavy atom. The van der Waals surface area contributed by atoms with E-state index in [9.17, 15) is 5.11 Å². The molecular formula is C17H22N2O. The predicted molar refractivity (Wildman–Crippen MR) is 82.7 cm³/mol. The number of fused-ring (bicyclic) bond motifs is 1. The summed E-state index contributed by atoms with van der Waals surface area (Å²) in [6.45, 7) is 3.71. The molecule has 0 amide bonds. The average Bonchev–Trinajstić information content (AvgIpc) is 2.50. The molecule has 0 bridgehead atoms. The number of hydrogen-bond acceptors (Lipinski definition) is 3. The van der Waals surface area contributed by atoms with Crippen LogP contribution in [0, 0.1) is 5.92 Å². The molecule has 1 fully saturated rings. The van der Waals surface area contributed by atoms with Gasteiger partial charge < -0.3 is 10.8 Å². The molecule has 1 saturated heterocycles. The molecule has 0 aromatic heterocycles. The molecule has 3 heteroatoms. The minimum atomic E-state index is 0.401. The van der Waals surface area contributed by atoms with Gasteiger partial charge in [-0.05, 0) is 48.7 Å². The van der Waals surface area contributed by atoms with Gasteiger partial charge in [-0.2, -0.15) is 0 Å². The second-order valence-electron chi connectivity index (χ2n) is 5.76. The highest BCUT2D eigenvalue weighted by Crippen LogP contribution is 2.29. The van der Waals surface area contributed by atoms with E-state index in [0.717, 1.165) is 37.1 Å². The number of nitrogens with two attached hydrogens (primary N) is 1. The molecule has 0 radical (unpaired) electrons. The van der Waals surface area contributed by atoms with Crippen molar-refractivity contribution in [3.8, 4) is 5.75 Å². The Kier molecular flexibility index (Phi) is 3.90. The summed E-state index contributed by atoms with van der Waals surface area (Å²) in [5.41, 5.74) is 6.85. The quantitative estimate of drug-likeness (QED) is 0.901. The number of aromatic hydroxyl groups is 1. The molecule has 2 aromatic rings. The van der Waals surface area contributed by atoms with E-state index in [1.54, 1.807) is 0 Å².